The minimum absolute atomic E-state index is 0.0163. The standard InChI is InChI=1S/C16H16N2O.2C2H6/c1-10-6-8-12(9-7-10)15-17-13-5-3-4-11(2)14(13)16(19)18-15;2*1-2/h3-9,15,17H,1-2H3,(H,18,19);2*1-2H3. The van der Waals surface area contributed by atoms with E-state index in [-0.39, 0.29) is 12.1 Å². The van der Waals surface area contributed by atoms with E-state index in [9.17, 15) is 4.79 Å². The Labute approximate surface area is 140 Å². The first-order valence-corrected chi connectivity index (χ1v) is 8.39. The van der Waals surface area contributed by atoms with Gasteiger partial charge < -0.3 is 10.6 Å². The quantitative estimate of drug-likeness (QED) is 0.759. The van der Waals surface area contributed by atoms with Gasteiger partial charge in [0.15, 0.2) is 0 Å². The summed E-state index contributed by atoms with van der Waals surface area (Å²) in [7, 11) is 0. The lowest BCUT2D eigenvalue weighted by Crippen LogP contribution is -2.38. The summed E-state index contributed by atoms with van der Waals surface area (Å²) in [5.41, 5.74) is 4.90. The largest absolute Gasteiger partial charge is 0.361 e. The molecule has 1 atom stereocenters. The fourth-order valence-corrected chi connectivity index (χ4v) is 2.41. The van der Waals surface area contributed by atoms with Crippen molar-refractivity contribution >= 4 is 11.6 Å². The number of anilines is 1. The number of fused-ring (bicyclic) bond motifs is 1. The summed E-state index contributed by atoms with van der Waals surface area (Å²) < 4.78 is 0. The second-order valence-electron chi connectivity index (χ2n) is 4.96. The third-order valence-electron chi connectivity index (χ3n) is 3.49. The highest BCUT2D eigenvalue weighted by molar-refractivity contribution is 6.03. The fourth-order valence-electron chi connectivity index (χ4n) is 2.41. The lowest BCUT2D eigenvalue weighted by molar-refractivity contribution is 0.0935. The zero-order valence-electron chi connectivity index (χ0n) is 15.0. The molecule has 2 aromatic carbocycles. The molecular formula is C20H28N2O. The van der Waals surface area contributed by atoms with E-state index >= 15 is 0 Å². The zero-order chi connectivity index (χ0) is 17.4. The van der Waals surface area contributed by atoms with Crippen LogP contribution < -0.4 is 10.6 Å². The molecule has 3 rings (SSSR count). The van der Waals surface area contributed by atoms with Crippen LogP contribution >= 0.6 is 0 Å². The van der Waals surface area contributed by atoms with E-state index in [2.05, 4.69) is 29.7 Å². The highest BCUT2D eigenvalue weighted by atomic mass is 16.2. The molecule has 1 unspecified atom stereocenters. The van der Waals surface area contributed by atoms with E-state index in [4.69, 9.17) is 0 Å². The SMILES string of the molecule is CC.CC.Cc1ccc(C2NC(=O)c3c(C)cccc3N2)cc1. The normalized spacial score (nSPS) is 14.9. The van der Waals surface area contributed by atoms with Crippen LogP contribution in [-0.2, 0) is 0 Å². The molecule has 0 fully saturated rings. The summed E-state index contributed by atoms with van der Waals surface area (Å²) in [6.07, 6.45) is -0.164. The maximum Gasteiger partial charge on any atom is 0.255 e. The van der Waals surface area contributed by atoms with E-state index in [0.717, 1.165) is 22.4 Å². The fraction of sp³-hybridized carbons (Fsp3) is 0.350. The third kappa shape index (κ3) is 4.35. The van der Waals surface area contributed by atoms with Gasteiger partial charge in [0.25, 0.3) is 5.91 Å². The van der Waals surface area contributed by atoms with Crippen LogP contribution in [0.15, 0.2) is 42.5 Å². The molecule has 1 amide bonds. The zero-order valence-corrected chi connectivity index (χ0v) is 15.0. The molecule has 1 aliphatic heterocycles. The summed E-state index contributed by atoms with van der Waals surface area (Å²) in [5.74, 6) is -0.0163. The van der Waals surface area contributed by atoms with Gasteiger partial charge in [0.05, 0.1) is 5.56 Å². The Morgan fingerprint density at radius 2 is 1.43 bits per heavy atom. The minimum Gasteiger partial charge on any atom is -0.361 e. The number of carbonyl (C=O) groups excluding carboxylic acids is 1. The Kier molecular flexibility index (Phi) is 7.33. The van der Waals surface area contributed by atoms with Gasteiger partial charge >= 0.3 is 0 Å². The van der Waals surface area contributed by atoms with E-state index in [1.54, 1.807) is 0 Å². The molecule has 1 heterocycles. The van der Waals surface area contributed by atoms with Crippen LogP contribution in [-0.4, -0.2) is 5.91 Å². The number of rotatable bonds is 1. The van der Waals surface area contributed by atoms with Crippen LogP contribution in [0.1, 0.15) is 60.9 Å². The van der Waals surface area contributed by atoms with E-state index in [0.29, 0.717) is 0 Å². The van der Waals surface area contributed by atoms with Crippen molar-refractivity contribution in [1.82, 2.24) is 5.32 Å². The lowest BCUT2D eigenvalue weighted by atomic mass is 10.0. The first-order valence-electron chi connectivity index (χ1n) is 8.39. The summed E-state index contributed by atoms with van der Waals surface area (Å²) in [4.78, 5) is 12.2. The van der Waals surface area contributed by atoms with Crippen LogP contribution in [0.2, 0.25) is 0 Å². The van der Waals surface area contributed by atoms with Gasteiger partial charge in [-0.15, -0.1) is 0 Å². The second-order valence-corrected chi connectivity index (χ2v) is 4.96. The van der Waals surface area contributed by atoms with Gasteiger partial charge in [0, 0.05) is 5.69 Å². The Morgan fingerprint density at radius 1 is 0.826 bits per heavy atom. The average molecular weight is 312 g/mol. The molecule has 0 spiro atoms. The van der Waals surface area contributed by atoms with Crippen molar-refractivity contribution in [3.8, 4) is 0 Å². The molecule has 0 saturated carbocycles. The molecular weight excluding hydrogens is 284 g/mol. The Bertz CT molecular complexity index is 633. The predicted octanol–water partition coefficient (Wildman–Crippen LogP) is 5.21. The maximum absolute atomic E-state index is 12.2. The number of carbonyl (C=O) groups is 1. The average Bonchev–Trinajstić information content (AvgIpc) is 2.59. The van der Waals surface area contributed by atoms with Crippen molar-refractivity contribution < 1.29 is 4.79 Å². The van der Waals surface area contributed by atoms with Gasteiger partial charge in [-0.3, -0.25) is 4.79 Å². The number of benzene rings is 2. The van der Waals surface area contributed by atoms with Crippen molar-refractivity contribution in [3.05, 3.63) is 64.7 Å². The molecule has 3 heteroatoms. The summed E-state index contributed by atoms with van der Waals surface area (Å²) >= 11 is 0. The Balaban J connectivity index is 0.000000615. The number of nitrogens with one attached hydrogen (secondary N) is 2. The Hall–Kier alpha value is -2.29. The number of aryl methyl sites for hydroxylation is 2. The predicted molar refractivity (Wildman–Crippen MR) is 98.9 cm³/mol. The first-order chi connectivity index (χ1) is 11.1. The molecule has 0 radical (unpaired) electrons. The molecule has 0 bridgehead atoms. The van der Waals surface area contributed by atoms with Crippen LogP contribution in [0.3, 0.4) is 0 Å². The molecule has 0 aliphatic carbocycles. The van der Waals surface area contributed by atoms with Gasteiger partial charge in [0.2, 0.25) is 0 Å². The Morgan fingerprint density at radius 3 is 2.04 bits per heavy atom. The van der Waals surface area contributed by atoms with Crippen LogP contribution in [0.5, 0.6) is 0 Å². The summed E-state index contributed by atoms with van der Waals surface area (Å²) in [5, 5.41) is 6.37. The van der Waals surface area contributed by atoms with Crippen molar-refractivity contribution in [2.45, 2.75) is 47.7 Å². The molecule has 1 aliphatic rings. The van der Waals surface area contributed by atoms with Gasteiger partial charge in [-0.1, -0.05) is 69.7 Å². The number of amides is 1. The smallest absolute Gasteiger partial charge is 0.255 e. The summed E-state index contributed by atoms with van der Waals surface area (Å²) in [6, 6.07) is 14.0. The van der Waals surface area contributed by atoms with Gasteiger partial charge in [-0.2, -0.15) is 0 Å². The number of hydrogen-bond donors (Lipinski definition) is 2. The van der Waals surface area contributed by atoms with Crippen LogP contribution in [0, 0.1) is 13.8 Å². The number of hydrogen-bond acceptors (Lipinski definition) is 2. The van der Waals surface area contributed by atoms with E-state index in [1.165, 1.54) is 5.56 Å². The van der Waals surface area contributed by atoms with Crippen molar-refractivity contribution in [2.75, 3.05) is 5.32 Å². The highest BCUT2D eigenvalue weighted by Gasteiger charge is 2.25. The second kappa shape index (κ2) is 8.99. The molecule has 2 aromatic rings. The molecule has 23 heavy (non-hydrogen) atoms. The molecule has 0 saturated heterocycles. The first kappa shape index (κ1) is 18.8. The van der Waals surface area contributed by atoms with Gasteiger partial charge in [-0.05, 0) is 31.0 Å². The monoisotopic (exact) mass is 312 g/mol. The van der Waals surface area contributed by atoms with E-state index in [1.807, 2.05) is 65.0 Å². The molecule has 2 N–H and O–H groups in total. The van der Waals surface area contributed by atoms with Crippen molar-refractivity contribution in [3.63, 3.8) is 0 Å². The molecule has 3 nitrogen and oxygen atoms in total. The lowest BCUT2D eigenvalue weighted by Gasteiger charge is -2.29. The minimum atomic E-state index is -0.164. The summed E-state index contributed by atoms with van der Waals surface area (Å²) in [6.45, 7) is 12.0. The topological polar surface area (TPSA) is 41.1 Å². The van der Waals surface area contributed by atoms with Gasteiger partial charge in [0.1, 0.15) is 6.17 Å². The van der Waals surface area contributed by atoms with Crippen molar-refractivity contribution in [1.29, 1.82) is 0 Å². The molecule has 124 valence electrons. The maximum atomic E-state index is 12.2. The van der Waals surface area contributed by atoms with Crippen LogP contribution in [0.4, 0.5) is 5.69 Å². The molecule has 0 aromatic heterocycles. The third-order valence-corrected chi connectivity index (χ3v) is 3.49. The van der Waals surface area contributed by atoms with E-state index < -0.39 is 0 Å². The van der Waals surface area contributed by atoms with Crippen molar-refractivity contribution in [2.24, 2.45) is 0 Å². The van der Waals surface area contributed by atoms with Gasteiger partial charge in [-0.25, -0.2) is 0 Å². The van der Waals surface area contributed by atoms with Crippen LogP contribution in [0.25, 0.3) is 0 Å². The highest BCUT2D eigenvalue weighted by Crippen LogP contribution is 2.28.